The molecule has 330 valence electrons. The molecular formula is C40H54N3O13S4+. The number of nitrogens with one attached hydrogen (secondary N) is 1. The lowest BCUT2D eigenvalue weighted by Crippen LogP contribution is -2.32. The van der Waals surface area contributed by atoms with Crippen LogP contribution in [0, 0.1) is 0 Å². The first kappa shape index (κ1) is 48.6. The summed E-state index contributed by atoms with van der Waals surface area (Å²) in [6.45, 7) is 8.68. The summed E-state index contributed by atoms with van der Waals surface area (Å²) >= 11 is 0. The van der Waals surface area contributed by atoms with Crippen LogP contribution in [-0.2, 0) is 56.1 Å². The van der Waals surface area contributed by atoms with Gasteiger partial charge in [-0.15, -0.1) is 0 Å². The highest BCUT2D eigenvalue weighted by Gasteiger charge is 2.48. The minimum atomic E-state index is -4.59. The Hall–Kier alpha value is -4.02. The van der Waals surface area contributed by atoms with Gasteiger partial charge in [0.1, 0.15) is 6.54 Å². The molecule has 0 saturated carbocycles. The molecule has 0 radical (unpaired) electrons. The van der Waals surface area contributed by atoms with E-state index >= 15 is 0 Å². The molecule has 0 bridgehead atoms. The van der Waals surface area contributed by atoms with Crippen molar-refractivity contribution in [2.75, 3.05) is 36.0 Å². The van der Waals surface area contributed by atoms with Gasteiger partial charge in [-0.2, -0.15) is 38.2 Å². The van der Waals surface area contributed by atoms with E-state index in [1.165, 1.54) is 30.3 Å². The molecule has 0 fully saturated rings. The lowest BCUT2D eigenvalue weighted by molar-refractivity contribution is -0.437. The molecule has 2 heterocycles. The van der Waals surface area contributed by atoms with Crippen LogP contribution >= 0.6 is 0 Å². The van der Waals surface area contributed by atoms with Crippen LogP contribution in [0.3, 0.4) is 0 Å². The highest BCUT2D eigenvalue weighted by atomic mass is 32.2. The second kappa shape index (κ2) is 19.4. The van der Waals surface area contributed by atoms with Gasteiger partial charge in [0, 0.05) is 60.4 Å². The largest absolute Gasteiger partial charge is 0.356 e. The zero-order valence-corrected chi connectivity index (χ0v) is 37.2. The second-order valence-electron chi connectivity index (χ2n) is 15.2. The maximum atomic E-state index is 12.5. The average Bonchev–Trinajstić information content (AvgIpc) is 3.51. The number of likely N-dealkylation sites (N-methyl/N-ethyl adjacent to an activating group) is 1. The van der Waals surface area contributed by atoms with E-state index in [1.54, 1.807) is 42.5 Å². The molecule has 0 spiro atoms. The number of hydrogen-bond acceptors (Lipinski definition) is 10. The summed E-state index contributed by atoms with van der Waals surface area (Å²) in [5.41, 5.74) is 1.96. The fourth-order valence-corrected chi connectivity index (χ4v) is 9.96. The first-order valence-corrected chi connectivity index (χ1v) is 25.5. The summed E-state index contributed by atoms with van der Waals surface area (Å²) in [5.74, 6) is -1.16. The van der Waals surface area contributed by atoms with E-state index in [1.807, 2.05) is 43.2 Å². The molecule has 20 heteroatoms. The normalized spacial score (nSPS) is 20.6. The Bertz CT molecular complexity index is 2560. The summed E-state index contributed by atoms with van der Waals surface area (Å²) < 4.78 is 135. The average molecular weight is 913 g/mol. The Balaban J connectivity index is 1.71. The molecule has 5 N–H and O–H groups in total. The predicted octanol–water partition coefficient (Wildman–Crippen LogP) is 5.53. The van der Waals surface area contributed by atoms with Gasteiger partial charge in [0.05, 0.1) is 26.7 Å². The Morgan fingerprint density at radius 2 is 1.30 bits per heavy atom. The van der Waals surface area contributed by atoms with Gasteiger partial charge in [-0.25, -0.2) is 0 Å². The number of carbonyl (C=O) groups excluding carboxylic acids is 1. The fourth-order valence-electron chi connectivity index (χ4n) is 7.95. The number of fused-ring (bicyclic) bond motifs is 2. The number of hydrogen-bond donors (Lipinski definition) is 5. The minimum Gasteiger partial charge on any atom is -0.356 e. The molecule has 0 aliphatic carbocycles. The van der Waals surface area contributed by atoms with Crippen molar-refractivity contribution in [1.29, 1.82) is 0 Å². The summed E-state index contributed by atoms with van der Waals surface area (Å²) in [6, 6.07) is 8.42. The number of anilines is 1. The molecule has 0 saturated heterocycles. The van der Waals surface area contributed by atoms with Gasteiger partial charge in [-0.05, 0) is 94.8 Å². The zero-order chi connectivity index (χ0) is 44.7. The van der Waals surface area contributed by atoms with E-state index in [2.05, 4.69) is 5.32 Å². The van der Waals surface area contributed by atoms with E-state index in [9.17, 15) is 56.7 Å². The Labute approximate surface area is 353 Å². The Morgan fingerprint density at radius 3 is 1.90 bits per heavy atom. The van der Waals surface area contributed by atoms with Crippen molar-refractivity contribution in [3.05, 3.63) is 95.8 Å². The van der Waals surface area contributed by atoms with Crippen molar-refractivity contribution in [1.82, 2.24) is 5.32 Å². The number of amides is 1. The molecule has 60 heavy (non-hydrogen) atoms. The van der Waals surface area contributed by atoms with Gasteiger partial charge >= 0.3 is 0 Å². The minimum absolute atomic E-state index is 0.0307. The van der Waals surface area contributed by atoms with Crippen LogP contribution in [0.25, 0.3) is 0 Å². The highest BCUT2D eigenvalue weighted by molar-refractivity contribution is 7.86. The van der Waals surface area contributed by atoms with Crippen LogP contribution in [0.4, 0.5) is 11.4 Å². The monoisotopic (exact) mass is 912 g/mol. The van der Waals surface area contributed by atoms with Gasteiger partial charge in [-0.3, -0.25) is 23.0 Å². The Kier molecular flexibility index (Phi) is 15.7. The fraction of sp³-hybridized carbons (Fsp3) is 0.450. The quantitative estimate of drug-likeness (QED) is 0.0587. The lowest BCUT2D eigenvalue weighted by Gasteiger charge is -2.30. The third kappa shape index (κ3) is 12.1. The molecule has 2 aromatic carbocycles. The molecule has 0 aromatic heterocycles. The van der Waals surface area contributed by atoms with E-state index in [-0.39, 0.29) is 47.9 Å². The molecule has 2 aliphatic heterocycles. The number of benzene rings is 2. The van der Waals surface area contributed by atoms with Crippen LogP contribution in [0.2, 0.25) is 0 Å². The van der Waals surface area contributed by atoms with Crippen molar-refractivity contribution in [2.24, 2.45) is 0 Å². The number of carbonyl (C=O) groups is 1. The molecule has 16 nitrogen and oxygen atoms in total. The number of allylic oxidation sites excluding steroid dienone is 8. The number of rotatable bonds is 21. The van der Waals surface area contributed by atoms with Crippen molar-refractivity contribution < 1.29 is 61.3 Å². The van der Waals surface area contributed by atoms with Gasteiger partial charge in [0.15, 0.2) is 5.71 Å². The van der Waals surface area contributed by atoms with E-state index < -0.39 is 62.8 Å². The molecule has 1 amide bonds. The van der Waals surface area contributed by atoms with Crippen molar-refractivity contribution >= 4 is 63.5 Å². The maximum Gasteiger partial charge on any atom is 0.294 e. The number of nitrogens with zero attached hydrogens (tertiary/aromatic N) is 2. The van der Waals surface area contributed by atoms with Gasteiger partial charge < -0.3 is 10.2 Å². The first-order valence-electron chi connectivity index (χ1n) is 19.4. The zero-order valence-electron chi connectivity index (χ0n) is 34.0. The molecular weight excluding hydrogens is 859 g/mol. The third-order valence-corrected chi connectivity index (χ3v) is 14.1. The summed E-state index contributed by atoms with van der Waals surface area (Å²) in [5, 5.41) is 2.85. The predicted molar refractivity (Wildman–Crippen MR) is 229 cm³/mol. The molecule has 4 rings (SSSR count). The second-order valence-corrected chi connectivity index (χ2v) is 21.2. The highest BCUT2D eigenvalue weighted by Crippen LogP contribution is 2.51. The van der Waals surface area contributed by atoms with Crippen molar-refractivity contribution in [2.45, 2.75) is 93.3 Å². The topological polar surface area (TPSA) is 253 Å². The molecule has 2 unspecified atom stereocenters. The van der Waals surface area contributed by atoms with Crippen LogP contribution < -0.4 is 10.2 Å². The van der Waals surface area contributed by atoms with E-state index in [0.717, 1.165) is 12.1 Å². The van der Waals surface area contributed by atoms with E-state index in [0.29, 0.717) is 54.1 Å². The van der Waals surface area contributed by atoms with Gasteiger partial charge in [0.2, 0.25) is 11.6 Å². The van der Waals surface area contributed by atoms with Crippen molar-refractivity contribution in [3.8, 4) is 0 Å². The summed E-state index contributed by atoms with van der Waals surface area (Å²) in [6.07, 6.45) is 14.4. The summed E-state index contributed by atoms with van der Waals surface area (Å²) in [7, 11) is -17.7. The van der Waals surface area contributed by atoms with Gasteiger partial charge in [0.25, 0.3) is 40.5 Å². The van der Waals surface area contributed by atoms with Crippen LogP contribution in [0.5, 0.6) is 0 Å². The molecule has 2 aliphatic rings. The van der Waals surface area contributed by atoms with Crippen molar-refractivity contribution in [3.63, 3.8) is 0 Å². The first-order chi connectivity index (χ1) is 27.9. The maximum absolute atomic E-state index is 12.5. The third-order valence-electron chi connectivity index (χ3n) is 10.8. The van der Waals surface area contributed by atoms with Crippen LogP contribution in [-0.4, -0.2) is 99.2 Å². The SMILES string of the molecule is CCCNC(=O)CCCC1(C)C(C=CC=CC=CC=C2N(CC)c3ccc(S(=O)(=O)O)cc3C2(C)CCCS(=O)(=O)O)=[N+](CCCS(=O)(=O)O)c2ccc(S(=O)(=O)O)cc21. The Morgan fingerprint density at radius 1 is 0.733 bits per heavy atom. The smallest absolute Gasteiger partial charge is 0.294 e. The van der Waals surface area contributed by atoms with Crippen LogP contribution in [0.1, 0.15) is 83.8 Å². The molecule has 2 aromatic rings. The summed E-state index contributed by atoms with van der Waals surface area (Å²) in [4.78, 5) is 13.8. The standard InChI is InChI=1S/C40H53N3O13S4/c1-5-24-41-38(44)17-12-22-39(3)33-29-31(60(54,55)56)19-21-35(33)43(25-14-27-58(48,49)50)37(39)16-11-9-7-8-10-15-36-40(4,23-13-26-57(45,46)47)32-28-30(59(51,52)53)18-20-34(32)42(36)6-2/h7-11,15-16,18-21,28-29H,5-6,12-14,17,22-27H2,1-4H3,(H4-,41,44,45,46,47,48,49,50,51,52,53,54,55,56)/p+1. The van der Waals surface area contributed by atoms with Gasteiger partial charge in [-0.1, -0.05) is 37.3 Å². The molecule has 2 atom stereocenters. The lowest BCUT2D eigenvalue weighted by atomic mass is 9.75. The van der Waals surface area contributed by atoms with Crippen LogP contribution in [0.15, 0.2) is 94.4 Å². The van der Waals surface area contributed by atoms with E-state index in [4.69, 9.17) is 0 Å².